The van der Waals surface area contributed by atoms with E-state index in [2.05, 4.69) is 10.3 Å². The molecular formula is C18H14FN3O4. The van der Waals surface area contributed by atoms with Gasteiger partial charge in [0.1, 0.15) is 12.4 Å². The number of rotatable bonds is 4. The van der Waals surface area contributed by atoms with Crippen LogP contribution < -0.4 is 20.3 Å². The minimum absolute atomic E-state index is 0.177. The molecule has 4 rings (SSSR count). The Morgan fingerprint density at radius 3 is 2.92 bits per heavy atom. The second-order valence-corrected chi connectivity index (χ2v) is 5.80. The number of fused-ring (bicyclic) bond motifs is 2. The molecule has 1 aliphatic heterocycles. The second-order valence-electron chi connectivity index (χ2n) is 5.80. The van der Waals surface area contributed by atoms with Crippen LogP contribution in [0.15, 0.2) is 47.5 Å². The highest BCUT2D eigenvalue weighted by Crippen LogP contribution is 2.32. The Balaban J connectivity index is 1.45. The average molecular weight is 355 g/mol. The van der Waals surface area contributed by atoms with Gasteiger partial charge in [-0.2, -0.15) is 0 Å². The molecule has 2 heterocycles. The fraction of sp³-hybridized carbons (Fsp3) is 0.167. The van der Waals surface area contributed by atoms with Crippen molar-refractivity contribution in [2.24, 2.45) is 0 Å². The van der Waals surface area contributed by atoms with Gasteiger partial charge in [0.05, 0.1) is 17.2 Å². The molecule has 3 aromatic rings. The lowest BCUT2D eigenvalue weighted by molar-refractivity contribution is -0.121. The summed E-state index contributed by atoms with van der Waals surface area (Å²) in [5.74, 6) is 0.501. The largest absolute Gasteiger partial charge is 0.454 e. The SMILES string of the molecule is O=C(Cn1cnc2cc(F)ccc2c1=O)NCc1ccc2c(c1)OCO2. The van der Waals surface area contributed by atoms with Gasteiger partial charge in [0.2, 0.25) is 12.7 Å². The summed E-state index contributed by atoms with van der Waals surface area (Å²) >= 11 is 0. The van der Waals surface area contributed by atoms with E-state index >= 15 is 0 Å². The standard InChI is InChI=1S/C18H14FN3O4/c19-12-2-3-13-14(6-12)21-9-22(18(13)24)8-17(23)20-7-11-1-4-15-16(5-11)26-10-25-15/h1-6,9H,7-8,10H2,(H,20,23). The summed E-state index contributed by atoms with van der Waals surface area (Å²) in [5.41, 5.74) is 0.710. The first kappa shape index (κ1) is 16.1. The molecule has 1 N–H and O–H groups in total. The molecular weight excluding hydrogens is 341 g/mol. The van der Waals surface area contributed by atoms with Gasteiger partial charge in [0.15, 0.2) is 11.5 Å². The third kappa shape index (κ3) is 3.08. The molecule has 0 saturated heterocycles. The van der Waals surface area contributed by atoms with Crippen LogP contribution in [0.5, 0.6) is 11.5 Å². The first-order valence-electron chi connectivity index (χ1n) is 7.90. The van der Waals surface area contributed by atoms with E-state index in [0.29, 0.717) is 11.5 Å². The van der Waals surface area contributed by atoms with Gasteiger partial charge < -0.3 is 14.8 Å². The minimum atomic E-state index is -0.469. The van der Waals surface area contributed by atoms with E-state index in [-0.39, 0.29) is 36.7 Å². The Bertz CT molecular complexity index is 1060. The number of ether oxygens (including phenoxy) is 2. The van der Waals surface area contributed by atoms with E-state index in [9.17, 15) is 14.0 Å². The second kappa shape index (κ2) is 6.47. The smallest absolute Gasteiger partial charge is 0.261 e. The van der Waals surface area contributed by atoms with E-state index in [1.54, 1.807) is 12.1 Å². The van der Waals surface area contributed by atoms with Crippen molar-refractivity contribution < 1.29 is 18.7 Å². The number of carbonyl (C=O) groups excluding carboxylic acids is 1. The quantitative estimate of drug-likeness (QED) is 0.768. The Morgan fingerprint density at radius 2 is 2.04 bits per heavy atom. The molecule has 0 spiro atoms. The van der Waals surface area contributed by atoms with Crippen molar-refractivity contribution in [1.29, 1.82) is 0 Å². The van der Waals surface area contributed by atoms with Crippen LogP contribution in [0.25, 0.3) is 10.9 Å². The molecule has 7 nitrogen and oxygen atoms in total. The molecule has 26 heavy (non-hydrogen) atoms. The predicted molar refractivity (Wildman–Crippen MR) is 90.4 cm³/mol. The molecule has 0 fully saturated rings. The van der Waals surface area contributed by atoms with Gasteiger partial charge >= 0.3 is 0 Å². The van der Waals surface area contributed by atoms with Gasteiger partial charge in [0, 0.05) is 12.6 Å². The molecule has 1 amide bonds. The molecule has 132 valence electrons. The van der Waals surface area contributed by atoms with Crippen LogP contribution in [0.4, 0.5) is 4.39 Å². The molecule has 1 aromatic heterocycles. The lowest BCUT2D eigenvalue weighted by atomic mass is 10.2. The summed E-state index contributed by atoms with van der Waals surface area (Å²) in [6.07, 6.45) is 1.24. The maximum Gasteiger partial charge on any atom is 0.261 e. The van der Waals surface area contributed by atoms with E-state index in [1.165, 1.54) is 29.1 Å². The predicted octanol–water partition coefficient (Wildman–Crippen LogP) is 1.58. The maximum absolute atomic E-state index is 13.2. The van der Waals surface area contributed by atoms with E-state index in [0.717, 1.165) is 5.56 Å². The van der Waals surface area contributed by atoms with Crippen LogP contribution in [-0.4, -0.2) is 22.3 Å². The molecule has 8 heteroatoms. The monoisotopic (exact) mass is 355 g/mol. The summed E-state index contributed by atoms with van der Waals surface area (Å²) in [6.45, 7) is 0.299. The van der Waals surface area contributed by atoms with Crippen molar-refractivity contribution in [3.05, 3.63) is 64.5 Å². The van der Waals surface area contributed by atoms with Crippen molar-refractivity contribution in [2.75, 3.05) is 6.79 Å². The molecule has 1 aliphatic rings. The Labute approximate surface area is 147 Å². The zero-order valence-corrected chi connectivity index (χ0v) is 13.6. The molecule has 0 unspecified atom stereocenters. The topological polar surface area (TPSA) is 82.5 Å². The van der Waals surface area contributed by atoms with Crippen molar-refractivity contribution in [3.63, 3.8) is 0 Å². The van der Waals surface area contributed by atoms with Crippen molar-refractivity contribution in [3.8, 4) is 11.5 Å². The van der Waals surface area contributed by atoms with Gasteiger partial charge in [-0.05, 0) is 29.8 Å². The summed E-state index contributed by atoms with van der Waals surface area (Å²) in [5, 5.41) is 3.00. The van der Waals surface area contributed by atoms with Gasteiger partial charge in [-0.25, -0.2) is 9.37 Å². The molecule has 0 atom stereocenters. The molecule has 0 bridgehead atoms. The van der Waals surface area contributed by atoms with Crippen LogP contribution in [0.3, 0.4) is 0 Å². The Morgan fingerprint density at radius 1 is 1.19 bits per heavy atom. The normalized spacial score (nSPS) is 12.3. The van der Waals surface area contributed by atoms with E-state index < -0.39 is 11.4 Å². The minimum Gasteiger partial charge on any atom is -0.454 e. The van der Waals surface area contributed by atoms with Crippen LogP contribution in [-0.2, 0) is 17.9 Å². The fourth-order valence-corrected chi connectivity index (χ4v) is 2.71. The number of nitrogens with zero attached hydrogens (tertiary/aromatic N) is 2. The number of amides is 1. The number of hydrogen-bond acceptors (Lipinski definition) is 5. The molecule has 0 aliphatic carbocycles. The third-order valence-electron chi connectivity index (χ3n) is 4.03. The fourth-order valence-electron chi connectivity index (χ4n) is 2.71. The lowest BCUT2D eigenvalue weighted by Crippen LogP contribution is -2.32. The summed E-state index contributed by atoms with van der Waals surface area (Å²) < 4.78 is 24.9. The van der Waals surface area contributed by atoms with Crippen molar-refractivity contribution in [2.45, 2.75) is 13.1 Å². The van der Waals surface area contributed by atoms with Crippen LogP contribution in [0.1, 0.15) is 5.56 Å². The summed E-state index contributed by atoms with van der Waals surface area (Å²) in [6, 6.07) is 9.13. The van der Waals surface area contributed by atoms with Crippen LogP contribution >= 0.6 is 0 Å². The first-order chi connectivity index (χ1) is 12.6. The highest BCUT2D eigenvalue weighted by atomic mass is 19.1. The molecule has 0 saturated carbocycles. The zero-order chi connectivity index (χ0) is 18.1. The van der Waals surface area contributed by atoms with Gasteiger partial charge in [-0.3, -0.25) is 14.2 Å². The summed E-state index contributed by atoms with van der Waals surface area (Å²) in [4.78, 5) is 28.5. The Hall–Kier alpha value is -3.42. The van der Waals surface area contributed by atoms with Crippen LogP contribution in [0, 0.1) is 5.82 Å². The lowest BCUT2D eigenvalue weighted by Gasteiger charge is -2.08. The van der Waals surface area contributed by atoms with Gasteiger partial charge in [0.25, 0.3) is 5.56 Å². The zero-order valence-electron chi connectivity index (χ0n) is 13.6. The number of hydrogen-bond donors (Lipinski definition) is 1. The van der Waals surface area contributed by atoms with E-state index in [4.69, 9.17) is 9.47 Å². The number of carbonyl (C=O) groups is 1. The van der Waals surface area contributed by atoms with Crippen molar-refractivity contribution in [1.82, 2.24) is 14.9 Å². The highest BCUT2D eigenvalue weighted by Gasteiger charge is 2.14. The van der Waals surface area contributed by atoms with E-state index in [1.807, 2.05) is 6.07 Å². The van der Waals surface area contributed by atoms with Crippen molar-refractivity contribution >= 4 is 16.8 Å². The van der Waals surface area contributed by atoms with Gasteiger partial charge in [-0.15, -0.1) is 0 Å². The number of benzene rings is 2. The third-order valence-corrected chi connectivity index (χ3v) is 4.03. The van der Waals surface area contributed by atoms with Gasteiger partial charge in [-0.1, -0.05) is 6.07 Å². The maximum atomic E-state index is 13.2. The first-order valence-corrected chi connectivity index (χ1v) is 7.90. The number of aromatic nitrogens is 2. The number of nitrogens with one attached hydrogen (secondary N) is 1. The molecule has 0 radical (unpaired) electrons. The summed E-state index contributed by atoms with van der Waals surface area (Å²) in [7, 11) is 0. The van der Waals surface area contributed by atoms with Crippen LogP contribution in [0.2, 0.25) is 0 Å². The Kier molecular flexibility index (Phi) is 4.00. The number of halogens is 1. The molecule has 2 aromatic carbocycles. The highest BCUT2D eigenvalue weighted by molar-refractivity contribution is 5.79. The average Bonchev–Trinajstić information content (AvgIpc) is 3.10.